The van der Waals surface area contributed by atoms with Crippen LogP contribution < -0.4 is 16.3 Å². The summed E-state index contributed by atoms with van der Waals surface area (Å²) in [4.78, 5) is 0. The molecule has 0 aliphatic carbocycles. The molecule has 1 rings (SSSR count). The van der Waals surface area contributed by atoms with Gasteiger partial charge in [0.15, 0.2) is 0 Å². The normalized spacial score (nSPS) is 11.5. The topological polar surface area (TPSA) is 69.1 Å². The van der Waals surface area contributed by atoms with E-state index >= 15 is 0 Å². The van der Waals surface area contributed by atoms with E-state index in [0.29, 0.717) is 10.3 Å². The molecular formula is C6H8ClN2OP. The van der Waals surface area contributed by atoms with Gasteiger partial charge in [-0.2, -0.15) is 0 Å². The Balaban J connectivity index is 3.09. The Morgan fingerprint density at radius 1 is 1.18 bits per heavy atom. The van der Waals surface area contributed by atoms with Crippen LogP contribution in [0, 0.1) is 0 Å². The van der Waals surface area contributed by atoms with Crippen molar-refractivity contribution in [3.05, 3.63) is 29.3 Å². The third kappa shape index (κ3) is 2.31. The molecule has 0 aliphatic rings. The Labute approximate surface area is 69.8 Å². The Morgan fingerprint density at radius 3 is 2.00 bits per heavy atom. The summed E-state index contributed by atoms with van der Waals surface area (Å²) in [6.07, 6.45) is 0. The monoisotopic (exact) mass is 190 g/mol. The molecule has 0 amide bonds. The van der Waals surface area contributed by atoms with Crippen molar-refractivity contribution in [1.29, 1.82) is 0 Å². The first kappa shape index (κ1) is 8.75. The molecule has 4 N–H and O–H groups in total. The van der Waals surface area contributed by atoms with Crippen molar-refractivity contribution >= 4 is 24.3 Å². The standard InChI is InChI=1S/C6H8ClN2OP/c7-5-1-3-6(4-2-5)11(8,9)10/h1-4H,(H4,8,9,10). The maximum absolute atomic E-state index is 11.0. The van der Waals surface area contributed by atoms with Crippen molar-refractivity contribution in [2.24, 2.45) is 11.0 Å². The van der Waals surface area contributed by atoms with E-state index in [0.717, 1.165) is 0 Å². The Hall–Kier alpha value is -0.340. The second-order valence-electron chi connectivity index (χ2n) is 2.19. The summed E-state index contributed by atoms with van der Waals surface area (Å²) in [6.45, 7) is 0. The molecule has 0 atom stereocenters. The molecule has 60 valence electrons. The van der Waals surface area contributed by atoms with Gasteiger partial charge in [-0.15, -0.1) is 0 Å². The molecule has 0 saturated carbocycles. The summed E-state index contributed by atoms with van der Waals surface area (Å²) in [5.41, 5.74) is 10.4. The van der Waals surface area contributed by atoms with Gasteiger partial charge in [-0.25, -0.2) is 0 Å². The average molecular weight is 191 g/mol. The highest BCUT2D eigenvalue weighted by molar-refractivity contribution is 7.67. The van der Waals surface area contributed by atoms with Crippen LogP contribution in [0.5, 0.6) is 0 Å². The van der Waals surface area contributed by atoms with Gasteiger partial charge >= 0.3 is 0 Å². The van der Waals surface area contributed by atoms with E-state index in [1.807, 2.05) is 0 Å². The summed E-state index contributed by atoms with van der Waals surface area (Å²) in [5.74, 6) is 0. The van der Waals surface area contributed by atoms with E-state index in [2.05, 4.69) is 0 Å². The van der Waals surface area contributed by atoms with Crippen LogP contribution >= 0.6 is 19.0 Å². The van der Waals surface area contributed by atoms with E-state index in [1.54, 1.807) is 24.3 Å². The molecule has 0 saturated heterocycles. The van der Waals surface area contributed by atoms with Gasteiger partial charge in [0.25, 0.3) is 0 Å². The van der Waals surface area contributed by atoms with Gasteiger partial charge < -0.3 is 0 Å². The van der Waals surface area contributed by atoms with Crippen LogP contribution in [0.15, 0.2) is 24.3 Å². The van der Waals surface area contributed by atoms with Gasteiger partial charge in [0, 0.05) is 10.3 Å². The third-order valence-corrected chi connectivity index (χ3v) is 2.59. The fourth-order valence-electron chi connectivity index (χ4n) is 0.674. The van der Waals surface area contributed by atoms with E-state index < -0.39 is 7.44 Å². The predicted octanol–water partition coefficient (Wildman–Crippen LogP) is 1.08. The molecule has 3 nitrogen and oxygen atoms in total. The second-order valence-corrected chi connectivity index (χ2v) is 4.56. The Kier molecular flexibility index (Phi) is 2.35. The van der Waals surface area contributed by atoms with Crippen molar-refractivity contribution in [2.75, 3.05) is 0 Å². The second kappa shape index (κ2) is 2.95. The maximum atomic E-state index is 11.0. The minimum atomic E-state index is -3.10. The van der Waals surface area contributed by atoms with E-state index in [9.17, 15) is 4.57 Å². The minimum absolute atomic E-state index is 0.432. The van der Waals surface area contributed by atoms with E-state index in [-0.39, 0.29) is 0 Å². The van der Waals surface area contributed by atoms with Crippen molar-refractivity contribution in [1.82, 2.24) is 0 Å². The molecule has 0 radical (unpaired) electrons. The van der Waals surface area contributed by atoms with Gasteiger partial charge in [0.2, 0.25) is 7.44 Å². The molecule has 5 heteroatoms. The first-order valence-electron chi connectivity index (χ1n) is 2.93. The first-order valence-corrected chi connectivity index (χ1v) is 5.16. The van der Waals surface area contributed by atoms with Crippen LogP contribution in [0.25, 0.3) is 0 Å². The fourth-order valence-corrected chi connectivity index (χ4v) is 1.42. The first-order chi connectivity index (χ1) is 5.00. The summed E-state index contributed by atoms with van der Waals surface area (Å²) in [7, 11) is -3.10. The molecule has 0 spiro atoms. The lowest BCUT2D eigenvalue weighted by atomic mass is 10.4. The molecule has 0 aromatic heterocycles. The van der Waals surface area contributed by atoms with Gasteiger partial charge in [0.05, 0.1) is 0 Å². The Morgan fingerprint density at radius 2 is 1.64 bits per heavy atom. The fraction of sp³-hybridized carbons (Fsp3) is 0. The molecule has 0 fully saturated rings. The molecule has 1 aromatic rings. The molecular weight excluding hydrogens is 183 g/mol. The minimum Gasteiger partial charge on any atom is -0.284 e. The Bertz CT molecular complexity index is 292. The van der Waals surface area contributed by atoms with Crippen LogP contribution in [0.4, 0.5) is 0 Å². The zero-order valence-electron chi connectivity index (χ0n) is 5.70. The van der Waals surface area contributed by atoms with Crippen LogP contribution in [-0.4, -0.2) is 0 Å². The third-order valence-electron chi connectivity index (χ3n) is 1.23. The van der Waals surface area contributed by atoms with Crippen LogP contribution in [-0.2, 0) is 4.57 Å². The van der Waals surface area contributed by atoms with Gasteiger partial charge in [-0.1, -0.05) is 11.6 Å². The number of benzene rings is 1. The zero-order valence-corrected chi connectivity index (χ0v) is 7.35. The quantitative estimate of drug-likeness (QED) is 0.651. The lowest BCUT2D eigenvalue weighted by Crippen LogP contribution is -2.17. The number of rotatable bonds is 1. The SMILES string of the molecule is NP(N)(=O)c1ccc(Cl)cc1. The summed E-state index contributed by atoms with van der Waals surface area (Å²) < 4.78 is 11.0. The number of halogens is 1. The predicted molar refractivity (Wildman–Crippen MR) is 47.1 cm³/mol. The van der Waals surface area contributed by atoms with Gasteiger partial charge in [0.1, 0.15) is 0 Å². The van der Waals surface area contributed by atoms with E-state index in [1.165, 1.54) is 0 Å². The number of hydrogen-bond donors (Lipinski definition) is 2. The van der Waals surface area contributed by atoms with Crippen molar-refractivity contribution in [2.45, 2.75) is 0 Å². The lowest BCUT2D eigenvalue weighted by molar-refractivity contribution is 0.583. The molecule has 1 aromatic carbocycles. The average Bonchev–Trinajstić information content (AvgIpc) is 1.86. The van der Waals surface area contributed by atoms with Gasteiger partial charge in [-0.3, -0.25) is 15.6 Å². The van der Waals surface area contributed by atoms with E-state index in [4.69, 9.17) is 22.6 Å². The maximum Gasteiger partial charge on any atom is 0.235 e. The highest BCUT2D eigenvalue weighted by Crippen LogP contribution is 2.23. The molecule has 0 heterocycles. The summed E-state index contributed by atoms with van der Waals surface area (Å²) in [5, 5.41) is 1.00. The van der Waals surface area contributed by atoms with Crippen LogP contribution in [0.1, 0.15) is 0 Å². The largest absolute Gasteiger partial charge is 0.284 e. The van der Waals surface area contributed by atoms with Crippen LogP contribution in [0.3, 0.4) is 0 Å². The van der Waals surface area contributed by atoms with Crippen LogP contribution in [0.2, 0.25) is 5.02 Å². The number of hydrogen-bond acceptors (Lipinski definition) is 1. The van der Waals surface area contributed by atoms with Crippen molar-refractivity contribution in [3.8, 4) is 0 Å². The molecule has 0 unspecified atom stereocenters. The van der Waals surface area contributed by atoms with Crippen molar-refractivity contribution < 1.29 is 4.57 Å². The zero-order chi connectivity index (χ0) is 8.48. The number of nitrogens with two attached hydrogens (primary N) is 2. The summed E-state index contributed by atoms with van der Waals surface area (Å²) >= 11 is 5.59. The molecule has 0 bridgehead atoms. The smallest absolute Gasteiger partial charge is 0.235 e. The lowest BCUT2D eigenvalue weighted by Gasteiger charge is -2.04. The summed E-state index contributed by atoms with van der Waals surface area (Å²) in [6, 6.07) is 6.32. The molecule has 0 aliphatic heterocycles. The van der Waals surface area contributed by atoms with Crippen molar-refractivity contribution in [3.63, 3.8) is 0 Å². The molecule has 11 heavy (non-hydrogen) atoms. The highest BCUT2D eigenvalue weighted by atomic mass is 35.5. The van der Waals surface area contributed by atoms with Gasteiger partial charge in [-0.05, 0) is 24.3 Å². The highest BCUT2D eigenvalue weighted by Gasteiger charge is 2.10.